The maximum Gasteiger partial charge on any atom is 0.338 e. The molecule has 1 aromatic rings. The van der Waals surface area contributed by atoms with E-state index in [0.29, 0.717) is 5.56 Å². The molecule has 0 bridgehead atoms. The highest BCUT2D eigenvalue weighted by atomic mass is 32.2. The number of aliphatic carboxylic acids is 1. The molecular weight excluding hydrogens is 322 g/mol. The topological polar surface area (TPSA) is 101 Å². The van der Waals surface area contributed by atoms with Crippen molar-refractivity contribution in [2.75, 3.05) is 7.05 Å². The van der Waals surface area contributed by atoms with Gasteiger partial charge in [-0.3, -0.25) is 4.79 Å². The van der Waals surface area contributed by atoms with Crippen molar-refractivity contribution in [1.29, 1.82) is 0 Å². The van der Waals surface area contributed by atoms with Gasteiger partial charge in [-0.1, -0.05) is 6.07 Å². The van der Waals surface area contributed by atoms with Crippen LogP contribution in [0.3, 0.4) is 0 Å². The molecule has 23 heavy (non-hydrogen) atoms. The van der Waals surface area contributed by atoms with Crippen LogP contribution in [0.5, 0.6) is 0 Å². The molecule has 1 rings (SSSR count). The number of likely N-dealkylation sites (N-methyl/N-ethyl adjacent to an activating group) is 1. The van der Waals surface area contributed by atoms with E-state index in [-0.39, 0.29) is 16.6 Å². The van der Waals surface area contributed by atoms with Crippen LogP contribution in [0.15, 0.2) is 23.1 Å². The number of esters is 1. The lowest BCUT2D eigenvalue weighted by molar-refractivity contribution is -0.140. The number of carboxylic acids is 1. The van der Waals surface area contributed by atoms with Crippen LogP contribution in [0.1, 0.15) is 36.7 Å². The summed E-state index contributed by atoms with van der Waals surface area (Å²) in [6.45, 7) is 6.31. The first-order valence-corrected chi connectivity index (χ1v) is 8.45. The Morgan fingerprint density at radius 1 is 1.22 bits per heavy atom. The molecular formula is C15H21NO6S. The van der Waals surface area contributed by atoms with E-state index >= 15 is 0 Å². The molecule has 0 aliphatic heterocycles. The maximum atomic E-state index is 12.5. The molecule has 1 aromatic carbocycles. The fraction of sp³-hybridized carbons (Fsp3) is 0.467. The van der Waals surface area contributed by atoms with Gasteiger partial charge in [0.15, 0.2) is 0 Å². The molecule has 0 spiro atoms. The Kier molecular flexibility index (Phi) is 5.90. The normalized spacial score (nSPS) is 13.2. The summed E-state index contributed by atoms with van der Waals surface area (Å²) in [4.78, 5) is 22.9. The molecule has 0 saturated heterocycles. The highest BCUT2D eigenvalue weighted by Crippen LogP contribution is 2.21. The minimum absolute atomic E-state index is 0.135. The average Bonchev–Trinajstić information content (AvgIpc) is 2.44. The average molecular weight is 343 g/mol. The van der Waals surface area contributed by atoms with Crippen molar-refractivity contribution in [3.63, 3.8) is 0 Å². The van der Waals surface area contributed by atoms with Crippen LogP contribution in [0.2, 0.25) is 0 Å². The standard InChI is InChI=1S/C15H21NO6S/c1-9(2)22-15(19)13-8-12(7-6-10(13)3)23(20,21)16(5)11(4)14(17)18/h6-9,11H,1-5H3,(H,17,18). The molecule has 1 unspecified atom stereocenters. The lowest BCUT2D eigenvalue weighted by Crippen LogP contribution is -2.40. The summed E-state index contributed by atoms with van der Waals surface area (Å²) in [5.74, 6) is -1.88. The predicted molar refractivity (Wildman–Crippen MR) is 83.8 cm³/mol. The molecule has 0 saturated carbocycles. The lowest BCUT2D eigenvalue weighted by atomic mass is 10.1. The fourth-order valence-corrected chi connectivity index (χ4v) is 3.13. The van der Waals surface area contributed by atoms with Gasteiger partial charge in [0.25, 0.3) is 0 Å². The highest BCUT2D eigenvalue weighted by Gasteiger charge is 2.30. The largest absolute Gasteiger partial charge is 0.480 e. The van der Waals surface area contributed by atoms with Crippen molar-refractivity contribution >= 4 is 22.0 Å². The third kappa shape index (κ3) is 4.29. The van der Waals surface area contributed by atoms with E-state index < -0.39 is 28.0 Å². The number of carboxylic acid groups (broad SMARTS) is 1. The molecule has 0 fully saturated rings. The Bertz CT molecular complexity index is 711. The number of benzene rings is 1. The van der Waals surface area contributed by atoms with Crippen molar-refractivity contribution in [3.8, 4) is 0 Å². The SMILES string of the molecule is Cc1ccc(S(=O)(=O)N(C)C(C)C(=O)O)cc1C(=O)OC(C)C. The molecule has 0 heterocycles. The molecule has 0 aliphatic rings. The smallest absolute Gasteiger partial charge is 0.338 e. The highest BCUT2D eigenvalue weighted by molar-refractivity contribution is 7.89. The Hall–Kier alpha value is -1.93. The minimum Gasteiger partial charge on any atom is -0.480 e. The Morgan fingerprint density at radius 3 is 2.26 bits per heavy atom. The van der Waals surface area contributed by atoms with Gasteiger partial charge in [-0.05, 0) is 45.4 Å². The second kappa shape index (κ2) is 7.10. The summed E-state index contributed by atoms with van der Waals surface area (Å²) in [5, 5.41) is 8.97. The van der Waals surface area contributed by atoms with Crippen LogP contribution in [-0.2, 0) is 19.6 Å². The first-order valence-electron chi connectivity index (χ1n) is 7.01. The molecule has 7 nitrogen and oxygen atoms in total. The molecule has 8 heteroatoms. The number of aryl methyl sites for hydroxylation is 1. The third-order valence-electron chi connectivity index (χ3n) is 3.35. The van der Waals surface area contributed by atoms with E-state index in [9.17, 15) is 18.0 Å². The second-order valence-electron chi connectivity index (χ2n) is 5.47. The van der Waals surface area contributed by atoms with Crippen LogP contribution >= 0.6 is 0 Å². The number of rotatable bonds is 6. The van der Waals surface area contributed by atoms with E-state index in [1.165, 1.54) is 32.2 Å². The van der Waals surface area contributed by atoms with Gasteiger partial charge in [-0.15, -0.1) is 0 Å². The zero-order valence-electron chi connectivity index (χ0n) is 13.7. The fourth-order valence-electron chi connectivity index (χ4n) is 1.79. The van der Waals surface area contributed by atoms with Crippen molar-refractivity contribution in [2.24, 2.45) is 0 Å². The summed E-state index contributed by atoms with van der Waals surface area (Å²) in [7, 11) is -2.86. The van der Waals surface area contributed by atoms with Crippen molar-refractivity contribution in [3.05, 3.63) is 29.3 Å². The molecule has 1 atom stereocenters. The van der Waals surface area contributed by atoms with E-state index in [4.69, 9.17) is 9.84 Å². The van der Waals surface area contributed by atoms with E-state index in [1.54, 1.807) is 20.8 Å². The van der Waals surface area contributed by atoms with Crippen LogP contribution in [0, 0.1) is 6.92 Å². The molecule has 0 aliphatic carbocycles. The zero-order valence-corrected chi connectivity index (χ0v) is 14.5. The monoisotopic (exact) mass is 343 g/mol. The Labute approximate surface area is 135 Å². The number of hydrogen-bond acceptors (Lipinski definition) is 5. The van der Waals surface area contributed by atoms with Crippen LogP contribution < -0.4 is 0 Å². The van der Waals surface area contributed by atoms with Crippen molar-refractivity contribution < 1.29 is 27.9 Å². The van der Waals surface area contributed by atoms with Gasteiger partial charge in [-0.25, -0.2) is 13.2 Å². The number of carbonyl (C=O) groups is 2. The third-order valence-corrected chi connectivity index (χ3v) is 5.28. The first kappa shape index (κ1) is 19.1. The van der Waals surface area contributed by atoms with Gasteiger partial charge in [0.1, 0.15) is 6.04 Å². The molecule has 0 amide bonds. The van der Waals surface area contributed by atoms with Gasteiger partial charge in [0.05, 0.1) is 16.6 Å². The van der Waals surface area contributed by atoms with Crippen LogP contribution in [0.4, 0.5) is 0 Å². The van der Waals surface area contributed by atoms with E-state index in [2.05, 4.69) is 0 Å². The maximum absolute atomic E-state index is 12.5. The number of hydrogen-bond donors (Lipinski definition) is 1. The molecule has 0 radical (unpaired) electrons. The zero-order chi connectivity index (χ0) is 17.9. The van der Waals surface area contributed by atoms with Crippen molar-refractivity contribution in [1.82, 2.24) is 4.31 Å². The molecule has 1 N–H and O–H groups in total. The lowest BCUT2D eigenvalue weighted by Gasteiger charge is -2.21. The Morgan fingerprint density at radius 2 is 1.78 bits per heavy atom. The van der Waals surface area contributed by atoms with Gasteiger partial charge in [0.2, 0.25) is 10.0 Å². The van der Waals surface area contributed by atoms with Gasteiger partial charge >= 0.3 is 11.9 Å². The van der Waals surface area contributed by atoms with Gasteiger partial charge in [-0.2, -0.15) is 4.31 Å². The second-order valence-corrected chi connectivity index (χ2v) is 7.46. The number of sulfonamides is 1. The quantitative estimate of drug-likeness (QED) is 0.788. The van der Waals surface area contributed by atoms with Crippen molar-refractivity contribution in [2.45, 2.75) is 44.7 Å². The van der Waals surface area contributed by atoms with E-state index in [1.807, 2.05) is 0 Å². The summed E-state index contributed by atoms with van der Waals surface area (Å²) < 4.78 is 30.8. The number of carbonyl (C=O) groups excluding carboxylic acids is 1. The summed E-state index contributed by atoms with van der Waals surface area (Å²) in [6, 6.07) is 2.80. The summed E-state index contributed by atoms with van der Waals surface area (Å²) in [5.41, 5.74) is 0.708. The summed E-state index contributed by atoms with van der Waals surface area (Å²) >= 11 is 0. The number of nitrogens with zero attached hydrogens (tertiary/aromatic N) is 1. The number of ether oxygens (including phenoxy) is 1. The molecule has 128 valence electrons. The molecule has 0 aromatic heterocycles. The van der Waals surface area contributed by atoms with Gasteiger partial charge < -0.3 is 9.84 Å². The summed E-state index contributed by atoms with van der Waals surface area (Å²) in [6.07, 6.45) is -0.336. The minimum atomic E-state index is -4.04. The van der Waals surface area contributed by atoms with Crippen LogP contribution in [-0.4, -0.2) is 49.0 Å². The first-order chi connectivity index (χ1) is 10.5. The van der Waals surface area contributed by atoms with Gasteiger partial charge in [0, 0.05) is 7.05 Å². The Balaban J connectivity index is 3.29. The van der Waals surface area contributed by atoms with Crippen LogP contribution in [0.25, 0.3) is 0 Å². The predicted octanol–water partition coefficient (Wildman–Crippen LogP) is 1.65. The van der Waals surface area contributed by atoms with E-state index in [0.717, 1.165) is 4.31 Å².